The van der Waals surface area contributed by atoms with Crippen LogP contribution in [-0.4, -0.2) is 46.1 Å². The molecule has 0 aliphatic carbocycles. The number of carbonyl (C=O) groups excluding carboxylic acids is 2. The number of hydrogen-bond donors (Lipinski definition) is 3. The van der Waals surface area contributed by atoms with Crippen LogP contribution in [0.15, 0.2) is 0 Å². The molecule has 0 aliphatic rings. The lowest BCUT2D eigenvalue weighted by molar-refractivity contribution is -0.139. The van der Waals surface area contributed by atoms with Gasteiger partial charge in [0.15, 0.2) is 0 Å². The van der Waals surface area contributed by atoms with E-state index in [0.717, 1.165) is 6.26 Å². The molecule has 0 rings (SSSR count). The Bertz CT molecular complexity index is 397. The zero-order chi connectivity index (χ0) is 12.6. The van der Waals surface area contributed by atoms with Crippen LogP contribution in [0.2, 0.25) is 0 Å². The molecule has 0 fully saturated rings. The van der Waals surface area contributed by atoms with Gasteiger partial charge in [-0.05, 0) is 0 Å². The highest BCUT2D eigenvalue weighted by Gasteiger charge is 2.11. The summed E-state index contributed by atoms with van der Waals surface area (Å²) in [6, 6.07) is 1.64. The number of carbonyl (C=O) groups is 2. The molecule has 9 heteroatoms. The number of nitrogens with zero attached hydrogens (tertiary/aromatic N) is 1. The van der Waals surface area contributed by atoms with E-state index in [0.29, 0.717) is 0 Å². The van der Waals surface area contributed by atoms with Gasteiger partial charge in [-0.25, -0.2) is 13.1 Å². The number of hydrogen-bond acceptors (Lipinski definition) is 5. The number of sulfonamides is 1. The minimum absolute atomic E-state index is 0.00387. The standard InChI is InChI=1S/C7H12N4O4S/c1-16(14,15)11-5-4-10-7(13)6(12)9-3-2-8/h11H,3-5H2,1H3,(H,9,12)(H,10,13). The van der Waals surface area contributed by atoms with Crippen molar-refractivity contribution in [3.05, 3.63) is 0 Å². The van der Waals surface area contributed by atoms with Crippen LogP contribution in [0.3, 0.4) is 0 Å². The minimum Gasteiger partial charge on any atom is -0.347 e. The van der Waals surface area contributed by atoms with E-state index in [9.17, 15) is 18.0 Å². The van der Waals surface area contributed by atoms with Gasteiger partial charge in [0.2, 0.25) is 10.0 Å². The molecule has 0 aromatic carbocycles. The molecule has 0 unspecified atom stereocenters. The number of nitriles is 1. The third-order valence-corrected chi connectivity index (χ3v) is 2.04. The summed E-state index contributed by atoms with van der Waals surface area (Å²) in [5.41, 5.74) is 0. The number of amides is 2. The first-order valence-corrected chi connectivity index (χ1v) is 6.13. The van der Waals surface area contributed by atoms with Crippen molar-refractivity contribution in [1.82, 2.24) is 15.4 Å². The summed E-state index contributed by atoms with van der Waals surface area (Å²) < 4.78 is 23.4. The Morgan fingerprint density at radius 2 is 1.75 bits per heavy atom. The van der Waals surface area contributed by atoms with Crippen molar-refractivity contribution in [1.29, 1.82) is 5.26 Å². The molecule has 0 saturated carbocycles. The van der Waals surface area contributed by atoms with Crippen molar-refractivity contribution >= 4 is 21.8 Å². The van der Waals surface area contributed by atoms with Crippen molar-refractivity contribution in [2.75, 3.05) is 25.9 Å². The first-order valence-electron chi connectivity index (χ1n) is 4.24. The fraction of sp³-hybridized carbons (Fsp3) is 0.571. The van der Waals surface area contributed by atoms with Crippen molar-refractivity contribution in [2.24, 2.45) is 0 Å². The van der Waals surface area contributed by atoms with Crippen LogP contribution < -0.4 is 15.4 Å². The number of nitrogens with one attached hydrogen (secondary N) is 3. The van der Waals surface area contributed by atoms with Crippen molar-refractivity contribution in [3.8, 4) is 6.07 Å². The summed E-state index contributed by atoms with van der Waals surface area (Å²) in [7, 11) is -3.30. The summed E-state index contributed by atoms with van der Waals surface area (Å²) in [6.07, 6.45) is 0.981. The average molecular weight is 248 g/mol. The van der Waals surface area contributed by atoms with Crippen LogP contribution in [0.1, 0.15) is 0 Å². The molecule has 3 N–H and O–H groups in total. The highest BCUT2D eigenvalue weighted by atomic mass is 32.2. The Morgan fingerprint density at radius 3 is 2.25 bits per heavy atom. The van der Waals surface area contributed by atoms with E-state index in [4.69, 9.17) is 5.26 Å². The molecule has 8 nitrogen and oxygen atoms in total. The van der Waals surface area contributed by atoms with E-state index in [1.54, 1.807) is 6.07 Å². The molecular formula is C7H12N4O4S. The van der Waals surface area contributed by atoms with Gasteiger partial charge in [-0.3, -0.25) is 9.59 Å². The van der Waals surface area contributed by atoms with Crippen LogP contribution in [0.4, 0.5) is 0 Å². The molecule has 0 bridgehead atoms. The summed E-state index contributed by atoms with van der Waals surface area (Å²) in [5.74, 6) is -1.84. The summed E-state index contributed by atoms with van der Waals surface area (Å²) in [4.78, 5) is 21.8. The topological polar surface area (TPSA) is 128 Å². The largest absolute Gasteiger partial charge is 0.347 e. The maximum atomic E-state index is 11.0. The Hall–Kier alpha value is -1.66. The van der Waals surface area contributed by atoms with E-state index >= 15 is 0 Å². The SMILES string of the molecule is CS(=O)(=O)NCCNC(=O)C(=O)NCC#N. The highest BCUT2D eigenvalue weighted by molar-refractivity contribution is 7.88. The molecular weight excluding hydrogens is 236 g/mol. The molecule has 90 valence electrons. The summed E-state index contributed by atoms with van der Waals surface area (Å²) in [5, 5.41) is 12.3. The molecule has 2 amide bonds. The molecule has 0 aromatic rings. The van der Waals surface area contributed by atoms with E-state index in [-0.39, 0.29) is 19.6 Å². The monoisotopic (exact) mass is 248 g/mol. The van der Waals surface area contributed by atoms with Crippen molar-refractivity contribution in [2.45, 2.75) is 0 Å². The van der Waals surface area contributed by atoms with Crippen LogP contribution >= 0.6 is 0 Å². The van der Waals surface area contributed by atoms with Gasteiger partial charge in [-0.15, -0.1) is 0 Å². The second-order valence-corrected chi connectivity index (χ2v) is 4.60. The van der Waals surface area contributed by atoms with E-state index < -0.39 is 21.8 Å². The molecule has 0 heterocycles. The van der Waals surface area contributed by atoms with E-state index in [2.05, 4.69) is 10.0 Å². The van der Waals surface area contributed by atoms with Gasteiger partial charge in [-0.1, -0.05) is 0 Å². The summed E-state index contributed by atoms with van der Waals surface area (Å²) >= 11 is 0. The first kappa shape index (κ1) is 14.3. The van der Waals surface area contributed by atoms with Gasteiger partial charge < -0.3 is 10.6 Å². The van der Waals surface area contributed by atoms with Crippen molar-refractivity contribution < 1.29 is 18.0 Å². The lowest BCUT2D eigenvalue weighted by Gasteiger charge is -2.04. The molecule has 0 saturated heterocycles. The van der Waals surface area contributed by atoms with Crippen LogP contribution in [0, 0.1) is 11.3 Å². The maximum absolute atomic E-state index is 11.0. The van der Waals surface area contributed by atoms with E-state index in [1.807, 2.05) is 5.32 Å². The van der Waals surface area contributed by atoms with Gasteiger partial charge in [0.1, 0.15) is 6.54 Å². The minimum atomic E-state index is -3.30. The molecule has 0 aromatic heterocycles. The smallest absolute Gasteiger partial charge is 0.310 e. The van der Waals surface area contributed by atoms with Gasteiger partial charge in [0.25, 0.3) is 0 Å². The van der Waals surface area contributed by atoms with Gasteiger partial charge in [0.05, 0.1) is 12.3 Å². The molecule has 0 spiro atoms. The first-order chi connectivity index (χ1) is 7.37. The van der Waals surface area contributed by atoms with Gasteiger partial charge in [-0.2, -0.15) is 5.26 Å². The number of rotatable bonds is 5. The van der Waals surface area contributed by atoms with Crippen LogP contribution in [0.5, 0.6) is 0 Å². The van der Waals surface area contributed by atoms with Gasteiger partial charge >= 0.3 is 11.8 Å². The van der Waals surface area contributed by atoms with Crippen LogP contribution in [-0.2, 0) is 19.6 Å². The lowest BCUT2D eigenvalue weighted by atomic mass is 10.5. The predicted molar refractivity (Wildman–Crippen MR) is 54.5 cm³/mol. The lowest BCUT2D eigenvalue weighted by Crippen LogP contribution is -2.42. The molecule has 16 heavy (non-hydrogen) atoms. The zero-order valence-corrected chi connectivity index (χ0v) is 9.43. The normalized spacial score (nSPS) is 10.2. The van der Waals surface area contributed by atoms with Gasteiger partial charge in [0, 0.05) is 13.1 Å². The van der Waals surface area contributed by atoms with Crippen LogP contribution in [0.25, 0.3) is 0 Å². The zero-order valence-electron chi connectivity index (χ0n) is 8.61. The highest BCUT2D eigenvalue weighted by Crippen LogP contribution is 1.72. The second-order valence-electron chi connectivity index (χ2n) is 2.76. The Kier molecular flexibility index (Phi) is 6.06. The third kappa shape index (κ3) is 7.72. The Balaban J connectivity index is 3.74. The summed E-state index contributed by atoms with van der Waals surface area (Å²) in [6.45, 7) is -0.268. The van der Waals surface area contributed by atoms with Crippen molar-refractivity contribution in [3.63, 3.8) is 0 Å². The Morgan fingerprint density at radius 1 is 1.19 bits per heavy atom. The molecule has 0 radical (unpaired) electrons. The predicted octanol–water partition coefficient (Wildman–Crippen LogP) is -2.71. The second kappa shape index (κ2) is 6.76. The Labute approximate surface area is 93.1 Å². The van der Waals surface area contributed by atoms with E-state index in [1.165, 1.54) is 0 Å². The molecule has 0 aliphatic heterocycles. The fourth-order valence-corrected chi connectivity index (χ4v) is 1.17. The quantitative estimate of drug-likeness (QED) is 0.277. The molecule has 0 atom stereocenters. The third-order valence-electron chi connectivity index (χ3n) is 1.31. The average Bonchev–Trinajstić information content (AvgIpc) is 2.19. The fourth-order valence-electron chi connectivity index (χ4n) is 0.693. The maximum Gasteiger partial charge on any atom is 0.310 e.